The average molecular weight is 397 g/mol. The van der Waals surface area contributed by atoms with E-state index >= 15 is 0 Å². The molecule has 2 aliphatic carbocycles. The number of nitrogens with one attached hydrogen (secondary N) is 1. The van der Waals surface area contributed by atoms with Crippen LogP contribution in [0, 0.1) is 5.92 Å². The third-order valence-electron chi connectivity index (χ3n) is 7.30. The van der Waals surface area contributed by atoms with Crippen LogP contribution in [-0.4, -0.2) is 41.6 Å². The minimum atomic E-state index is -1.40. The first-order valence-corrected chi connectivity index (χ1v) is 11.7. The van der Waals surface area contributed by atoms with Gasteiger partial charge in [-0.05, 0) is 56.9 Å². The van der Waals surface area contributed by atoms with E-state index in [1.54, 1.807) is 5.57 Å². The number of rotatable bonds is 7. The number of hydrogen-bond acceptors (Lipinski definition) is 3. The summed E-state index contributed by atoms with van der Waals surface area (Å²) in [6.45, 7) is 3.18. The molecule has 1 aromatic carbocycles. The Hall–Kier alpha value is -1.65. The lowest BCUT2D eigenvalue weighted by atomic mass is 9.79. The highest BCUT2D eigenvalue weighted by molar-refractivity contribution is 5.87. The van der Waals surface area contributed by atoms with Gasteiger partial charge in [0.15, 0.2) is 5.60 Å². The van der Waals surface area contributed by atoms with Gasteiger partial charge in [-0.1, -0.05) is 54.8 Å². The van der Waals surface area contributed by atoms with Gasteiger partial charge in [-0.15, -0.1) is 0 Å². The number of allylic oxidation sites excluding steroid dienone is 1. The van der Waals surface area contributed by atoms with Gasteiger partial charge in [0, 0.05) is 31.6 Å². The molecule has 0 spiro atoms. The molecule has 0 aromatic heterocycles. The summed E-state index contributed by atoms with van der Waals surface area (Å²) in [5.74, 6) is -0.173. The minimum Gasteiger partial charge on any atom is -0.375 e. The summed E-state index contributed by atoms with van der Waals surface area (Å²) in [7, 11) is 0. The summed E-state index contributed by atoms with van der Waals surface area (Å²) >= 11 is 0. The van der Waals surface area contributed by atoms with E-state index in [1.807, 2.05) is 30.3 Å². The quantitative estimate of drug-likeness (QED) is 0.681. The van der Waals surface area contributed by atoms with E-state index in [4.69, 9.17) is 0 Å². The fourth-order valence-electron chi connectivity index (χ4n) is 5.22. The number of aliphatic hydroxyl groups is 1. The van der Waals surface area contributed by atoms with Crippen LogP contribution in [0.3, 0.4) is 0 Å². The molecule has 3 aliphatic rings. The number of likely N-dealkylation sites (tertiary alicyclic amines) is 1. The monoisotopic (exact) mass is 396 g/mol. The topological polar surface area (TPSA) is 52.6 Å². The highest BCUT2D eigenvalue weighted by atomic mass is 16.3. The third kappa shape index (κ3) is 4.75. The van der Waals surface area contributed by atoms with Crippen LogP contribution in [0.1, 0.15) is 69.8 Å². The van der Waals surface area contributed by atoms with Crippen LogP contribution in [0.5, 0.6) is 0 Å². The molecular formula is C25H36N2O2. The van der Waals surface area contributed by atoms with E-state index in [-0.39, 0.29) is 17.9 Å². The first kappa shape index (κ1) is 20.6. The zero-order chi connectivity index (χ0) is 20.1. The maximum absolute atomic E-state index is 13.3. The van der Waals surface area contributed by atoms with Gasteiger partial charge in [0.05, 0.1) is 0 Å². The van der Waals surface area contributed by atoms with E-state index in [2.05, 4.69) is 16.3 Å². The highest BCUT2D eigenvalue weighted by Crippen LogP contribution is 2.41. The van der Waals surface area contributed by atoms with Crippen molar-refractivity contribution in [1.82, 2.24) is 10.2 Å². The second kappa shape index (κ2) is 9.44. The Kier molecular flexibility index (Phi) is 6.71. The van der Waals surface area contributed by atoms with Crippen molar-refractivity contribution in [3.63, 3.8) is 0 Å². The summed E-state index contributed by atoms with van der Waals surface area (Å²) in [4.78, 5) is 15.8. The Bertz CT molecular complexity index is 697. The molecule has 2 N–H and O–H groups in total. The summed E-state index contributed by atoms with van der Waals surface area (Å²) in [6.07, 6.45) is 13.5. The first-order valence-electron chi connectivity index (χ1n) is 11.7. The molecular weight excluding hydrogens is 360 g/mol. The van der Waals surface area contributed by atoms with Gasteiger partial charge in [-0.25, -0.2) is 0 Å². The van der Waals surface area contributed by atoms with Crippen molar-refractivity contribution < 1.29 is 9.90 Å². The molecule has 3 fully saturated rings. The highest BCUT2D eigenvalue weighted by Gasteiger charge is 2.46. The molecule has 4 heteroatoms. The van der Waals surface area contributed by atoms with Crippen LogP contribution < -0.4 is 5.32 Å². The summed E-state index contributed by atoms with van der Waals surface area (Å²) in [6, 6.07) is 9.74. The number of piperidine rings is 1. The predicted octanol–water partition coefficient (Wildman–Crippen LogP) is 4.15. The van der Waals surface area contributed by atoms with Crippen LogP contribution >= 0.6 is 0 Å². The van der Waals surface area contributed by atoms with Crippen molar-refractivity contribution in [3.05, 3.63) is 47.5 Å². The number of benzene rings is 1. The molecule has 29 heavy (non-hydrogen) atoms. The number of carbonyl (C=O) groups excluding carboxylic acids is 1. The molecule has 2 saturated carbocycles. The minimum absolute atomic E-state index is 0.0181. The van der Waals surface area contributed by atoms with Gasteiger partial charge in [0.1, 0.15) is 0 Å². The predicted molar refractivity (Wildman–Crippen MR) is 116 cm³/mol. The normalized spacial score (nSPS) is 23.4. The van der Waals surface area contributed by atoms with E-state index in [0.717, 1.165) is 70.1 Å². The van der Waals surface area contributed by atoms with Gasteiger partial charge >= 0.3 is 0 Å². The van der Waals surface area contributed by atoms with Crippen molar-refractivity contribution in [1.29, 1.82) is 0 Å². The summed E-state index contributed by atoms with van der Waals surface area (Å²) in [5, 5.41) is 14.8. The molecule has 1 unspecified atom stereocenters. The molecule has 1 heterocycles. The maximum atomic E-state index is 13.3. The molecule has 158 valence electrons. The largest absolute Gasteiger partial charge is 0.375 e. The number of nitrogens with zero attached hydrogens (tertiary/aromatic N) is 1. The van der Waals surface area contributed by atoms with Gasteiger partial charge in [0.2, 0.25) is 0 Å². The van der Waals surface area contributed by atoms with Gasteiger partial charge in [-0.3, -0.25) is 4.79 Å². The average Bonchev–Trinajstić information content (AvgIpc) is 3.26. The fraction of sp³-hybridized carbons (Fsp3) is 0.640. The Labute approximate surface area is 175 Å². The second-order valence-electron chi connectivity index (χ2n) is 9.21. The van der Waals surface area contributed by atoms with Crippen LogP contribution in [-0.2, 0) is 10.4 Å². The third-order valence-corrected chi connectivity index (χ3v) is 7.30. The molecule has 1 saturated heterocycles. The zero-order valence-electron chi connectivity index (χ0n) is 17.6. The lowest BCUT2D eigenvalue weighted by molar-refractivity contribution is -0.148. The van der Waals surface area contributed by atoms with Gasteiger partial charge < -0.3 is 15.3 Å². The molecule has 0 radical (unpaired) electrons. The Morgan fingerprint density at radius 3 is 2.38 bits per heavy atom. The van der Waals surface area contributed by atoms with Crippen molar-refractivity contribution in [3.8, 4) is 0 Å². The SMILES string of the molecule is O=C(NC1CCN(CCC=C2CCC2)CC1)C(O)(c1ccccc1)C1CCCC1. The van der Waals surface area contributed by atoms with Crippen LogP contribution in [0.15, 0.2) is 42.0 Å². The van der Waals surface area contributed by atoms with Crippen molar-refractivity contribution in [2.24, 2.45) is 5.92 Å². The Morgan fingerprint density at radius 1 is 1.07 bits per heavy atom. The van der Waals surface area contributed by atoms with E-state index in [9.17, 15) is 9.90 Å². The number of hydrogen-bond donors (Lipinski definition) is 2. The fourth-order valence-corrected chi connectivity index (χ4v) is 5.22. The summed E-state index contributed by atoms with van der Waals surface area (Å²) in [5.41, 5.74) is 0.981. The molecule has 1 aromatic rings. The van der Waals surface area contributed by atoms with Gasteiger partial charge in [-0.2, -0.15) is 0 Å². The molecule has 0 bridgehead atoms. The first-order chi connectivity index (χ1) is 14.2. The van der Waals surface area contributed by atoms with Crippen LogP contribution in [0.4, 0.5) is 0 Å². The Balaban J connectivity index is 1.32. The van der Waals surface area contributed by atoms with E-state index in [1.165, 1.54) is 19.3 Å². The van der Waals surface area contributed by atoms with Crippen LogP contribution in [0.25, 0.3) is 0 Å². The molecule has 1 aliphatic heterocycles. The zero-order valence-corrected chi connectivity index (χ0v) is 17.6. The Morgan fingerprint density at radius 2 is 1.76 bits per heavy atom. The lowest BCUT2D eigenvalue weighted by Crippen LogP contribution is -2.54. The smallest absolute Gasteiger partial charge is 0.257 e. The molecule has 1 amide bonds. The number of carbonyl (C=O) groups is 1. The van der Waals surface area contributed by atoms with Gasteiger partial charge in [0.25, 0.3) is 5.91 Å². The maximum Gasteiger partial charge on any atom is 0.257 e. The number of amides is 1. The van der Waals surface area contributed by atoms with Crippen LogP contribution in [0.2, 0.25) is 0 Å². The van der Waals surface area contributed by atoms with E-state index < -0.39 is 5.60 Å². The summed E-state index contributed by atoms with van der Waals surface area (Å²) < 4.78 is 0. The lowest BCUT2D eigenvalue weighted by Gasteiger charge is -2.37. The van der Waals surface area contributed by atoms with Crippen molar-refractivity contribution in [2.75, 3.05) is 19.6 Å². The molecule has 4 nitrogen and oxygen atoms in total. The standard InChI is InChI=1S/C25H36N2O2/c28-24(25(29,22-13-4-5-14-22)21-11-2-1-3-12-21)26-23-15-18-27(19-16-23)17-7-10-20-8-6-9-20/h1-3,10-12,22-23,29H,4-9,13-19H2,(H,26,28). The van der Waals surface area contributed by atoms with Crippen molar-refractivity contribution >= 4 is 5.91 Å². The second-order valence-corrected chi connectivity index (χ2v) is 9.21. The van der Waals surface area contributed by atoms with Crippen molar-refractivity contribution in [2.45, 2.75) is 75.9 Å². The van der Waals surface area contributed by atoms with E-state index in [0.29, 0.717) is 0 Å². The molecule has 1 atom stereocenters. The molecule has 4 rings (SSSR count).